The van der Waals surface area contributed by atoms with Gasteiger partial charge in [-0.2, -0.15) is 0 Å². The van der Waals surface area contributed by atoms with E-state index < -0.39 is 0 Å². The van der Waals surface area contributed by atoms with Crippen LogP contribution in [0.3, 0.4) is 0 Å². The van der Waals surface area contributed by atoms with Gasteiger partial charge in [0.25, 0.3) is 11.8 Å². The molecule has 0 heterocycles. The third-order valence-corrected chi connectivity index (χ3v) is 3.87. The minimum absolute atomic E-state index is 0.143. The number of hydrogen-bond acceptors (Lipinski definition) is 3. The van der Waals surface area contributed by atoms with Crippen LogP contribution in [0, 0.1) is 12.7 Å². The Labute approximate surface area is 162 Å². The van der Waals surface area contributed by atoms with Gasteiger partial charge >= 0.3 is 0 Å². The second-order valence-electron chi connectivity index (χ2n) is 6.20. The van der Waals surface area contributed by atoms with Crippen molar-refractivity contribution >= 4 is 23.2 Å². The van der Waals surface area contributed by atoms with E-state index in [0.29, 0.717) is 22.7 Å². The van der Waals surface area contributed by atoms with Crippen LogP contribution in [0.1, 0.15) is 15.9 Å². The van der Waals surface area contributed by atoms with Crippen molar-refractivity contribution in [2.45, 2.75) is 6.92 Å². The highest BCUT2D eigenvalue weighted by Gasteiger charge is 2.09. The van der Waals surface area contributed by atoms with Gasteiger partial charge in [0.05, 0.1) is 0 Å². The Kier molecular flexibility index (Phi) is 6.01. The summed E-state index contributed by atoms with van der Waals surface area (Å²) >= 11 is 0. The summed E-state index contributed by atoms with van der Waals surface area (Å²) in [4.78, 5) is 24.4. The van der Waals surface area contributed by atoms with Gasteiger partial charge < -0.3 is 15.4 Å². The minimum Gasteiger partial charge on any atom is -0.484 e. The van der Waals surface area contributed by atoms with Crippen molar-refractivity contribution in [3.05, 3.63) is 89.7 Å². The van der Waals surface area contributed by atoms with Gasteiger partial charge in [-0.1, -0.05) is 18.2 Å². The molecule has 3 aromatic carbocycles. The summed E-state index contributed by atoms with van der Waals surface area (Å²) in [6.07, 6.45) is 0. The van der Waals surface area contributed by atoms with E-state index in [9.17, 15) is 14.0 Å². The molecule has 0 fully saturated rings. The molecule has 0 atom stereocenters. The van der Waals surface area contributed by atoms with Crippen molar-refractivity contribution in [3.63, 3.8) is 0 Å². The summed E-state index contributed by atoms with van der Waals surface area (Å²) in [5, 5.41) is 5.37. The number of rotatable bonds is 6. The molecule has 0 aromatic heterocycles. The first kappa shape index (κ1) is 19.1. The summed E-state index contributed by atoms with van der Waals surface area (Å²) in [7, 11) is 0. The number of carbonyl (C=O) groups is 2. The summed E-state index contributed by atoms with van der Waals surface area (Å²) in [6.45, 7) is 1.80. The molecule has 3 rings (SSSR count). The lowest BCUT2D eigenvalue weighted by molar-refractivity contribution is -0.118. The van der Waals surface area contributed by atoms with Crippen LogP contribution in [0.25, 0.3) is 0 Å². The molecule has 5 nitrogen and oxygen atoms in total. The number of nitrogens with one attached hydrogen (secondary N) is 2. The quantitative estimate of drug-likeness (QED) is 0.668. The molecule has 0 aliphatic rings. The number of anilines is 2. The molecular formula is C22H19FN2O3. The highest BCUT2D eigenvalue weighted by Crippen LogP contribution is 2.15. The van der Waals surface area contributed by atoms with Gasteiger partial charge in [0, 0.05) is 16.9 Å². The van der Waals surface area contributed by atoms with Gasteiger partial charge in [0.1, 0.15) is 11.6 Å². The fourth-order valence-electron chi connectivity index (χ4n) is 2.53. The Morgan fingerprint density at radius 1 is 0.893 bits per heavy atom. The number of ether oxygens (including phenoxy) is 1. The van der Waals surface area contributed by atoms with Gasteiger partial charge in [-0.05, 0) is 67.1 Å². The third kappa shape index (κ3) is 5.41. The summed E-state index contributed by atoms with van der Waals surface area (Å²) < 4.78 is 18.4. The summed E-state index contributed by atoms with van der Waals surface area (Å²) in [6, 6.07) is 19.4. The maximum absolute atomic E-state index is 12.9. The number of carbonyl (C=O) groups excluding carboxylic acids is 2. The molecule has 0 radical (unpaired) electrons. The lowest BCUT2D eigenvalue weighted by Gasteiger charge is -2.10. The van der Waals surface area contributed by atoms with E-state index in [2.05, 4.69) is 10.6 Å². The second kappa shape index (κ2) is 8.81. The highest BCUT2D eigenvalue weighted by atomic mass is 19.1. The van der Waals surface area contributed by atoms with Crippen LogP contribution in [0.5, 0.6) is 5.75 Å². The van der Waals surface area contributed by atoms with Crippen LogP contribution in [-0.4, -0.2) is 18.4 Å². The van der Waals surface area contributed by atoms with E-state index in [0.717, 1.165) is 5.56 Å². The molecule has 0 unspecified atom stereocenters. The first-order valence-electron chi connectivity index (χ1n) is 8.66. The topological polar surface area (TPSA) is 67.4 Å². The molecule has 6 heteroatoms. The van der Waals surface area contributed by atoms with E-state index in [1.54, 1.807) is 30.3 Å². The van der Waals surface area contributed by atoms with E-state index >= 15 is 0 Å². The molecule has 0 spiro atoms. The van der Waals surface area contributed by atoms with Crippen molar-refractivity contribution in [3.8, 4) is 5.75 Å². The third-order valence-electron chi connectivity index (χ3n) is 3.87. The zero-order valence-electron chi connectivity index (χ0n) is 15.2. The van der Waals surface area contributed by atoms with Crippen LogP contribution >= 0.6 is 0 Å². The molecule has 0 saturated heterocycles. The van der Waals surface area contributed by atoms with E-state index in [1.165, 1.54) is 24.3 Å². The van der Waals surface area contributed by atoms with Crippen LogP contribution in [-0.2, 0) is 4.79 Å². The molecule has 28 heavy (non-hydrogen) atoms. The number of benzene rings is 3. The standard InChI is InChI=1S/C22H19FN2O3/c1-15-4-2-7-20(12-15)28-14-21(26)24-19-6-3-5-16(13-19)22(27)25-18-10-8-17(23)9-11-18/h2-13H,14H2,1H3,(H,24,26)(H,25,27). The molecule has 2 amide bonds. The maximum atomic E-state index is 12.9. The average molecular weight is 378 g/mol. The predicted molar refractivity (Wildman–Crippen MR) is 106 cm³/mol. The van der Waals surface area contributed by atoms with Gasteiger partial charge in [0.2, 0.25) is 0 Å². The highest BCUT2D eigenvalue weighted by molar-refractivity contribution is 6.05. The van der Waals surface area contributed by atoms with E-state index in [1.807, 2.05) is 25.1 Å². The van der Waals surface area contributed by atoms with Crippen molar-refractivity contribution in [1.82, 2.24) is 0 Å². The van der Waals surface area contributed by atoms with Crippen molar-refractivity contribution < 1.29 is 18.7 Å². The van der Waals surface area contributed by atoms with Crippen molar-refractivity contribution in [2.24, 2.45) is 0 Å². The lowest BCUT2D eigenvalue weighted by Crippen LogP contribution is -2.20. The summed E-state index contributed by atoms with van der Waals surface area (Å²) in [5.41, 5.74) is 2.36. The zero-order valence-corrected chi connectivity index (χ0v) is 15.2. The summed E-state index contributed by atoms with van der Waals surface area (Å²) in [5.74, 6) is -0.463. The fourth-order valence-corrected chi connectivity index (χ4v) is 2.53. The first-order valence-corrected chi connectivity index (χ1v) is 8.66. The molecule has 2 N–H and O–H groups in total. The number of halogens is 1. The van der Waals surface area contributed by atoms with Gasteiger partial charge in [0.15, 0.2) is 6.61 Å². The maximum Gasteiger partial charge on any atom is 0.262 e. The van der Waals surface area contributed by atoms with Gasteiger partial charge in [-0.15, -0.1) is 0 Å². The normalized spacial score (nSPS) is 10.2. The van der Waals surface area contributed by atoms with Crippen LogP contribution < -0.4 is 15.4 Å². The lowest BCUT2D eigenvalue weighted by atomic mass is 10.2. The molecular weight excluding hydrogens is 359 g/mol. The Morgan fingerprint density at radius 3 is 2.39 bits per heavy atom. The average Bonchev–Trinajstić information content (AvgIpc) is 2.68. The van der Waals surface area contributed by atoms with Crippen LogP contribution in [0.2, 0.25) is 0 Å². The Morgan fingerprint density at radius 2 is 1.64 bits per heavy atom. The number of hydrogen-bond donors (Lipinski definition) is 2. The van der Waals surface area contributed by atoms with Crippen LogP contribution in [0.4, 0.5) is 15.8 Å². The Bertz CT molecular complexity index is 987. The molecule has 0 aliphatic heterocycles. The van der Waals surface area contributed by atoms with Crippen molar-refractivity contribution in [1.29, 1.82) is 0 Å². The zero-order chi connectivity index (χ0) is 19.9. The largest absolute Gasteiger partial charge is 0.484 e. The molecule has 142 valence electrons. The monoisotopic (exact) mass is 378 g/mol. The number of aryl methyl sites for hydroxylation is 1. The smallest absolute Gasteiger partial charge is 0.262 e. The van der Waals surface area contributed by atoms with E-state index in [4.69, 9.17) is 4.74 Å². The molecule has 0 bridgehead atoms. The predicted octanol–water partition coefficient (Wildman–Crippen LogP) is 4.40. The molecule has 3 aromatic rings. The minimum atomic E-state index is -0.379. The second-order valence-corrected chi connectivity index (χ2v) is 6.20. The number of amides is 2. The molecule has 0 aliphatic carbocycles. The van der Waals surface area contributed by atoms with Gasteiger partial charge in [-0.3, -0.25) is 9.59 Å². The Hall–Kier alpha value is -3.67. The van der Waals surface area contributed by atoms with Crippen LogP contribution in [0.15, 0.2) is 72.8 Å². The SMILES string of the molecule is Cc1cccc(OCC(=O)Nc2cccc(C(=O)Nc3ccc(F)cc3)c2)c1. The fraction of sp³-hybridized carbons (Fsp3) is 0.0909. The first-order chi connectivity index (χ1) is 13.5. The van der Waals surface area contributed by atoms with Gasteiger partial charge in [-0.25, -0.2) is 4.39 Å². The molecule has 0 saturated carbocycles. The Balaban J connectivity index is 1.58. The van der Waals surface area contributed by atoms with Crippen molar-refractivity contribution in [2.75, 3.05) is 17.2 Å². The van der Waals surface area contributed by atoms with E-state index in [-0.39, 0.29) is 24.2 Å².